The standard InChI is InChI=1S/C18H18FNO3/c1-20(2)9-10-22-18(21)17-14-6-4-3-5-13(14)15-11-12(19)7-8-16(15)23-17/h3-8,11,16H,9-10H2,1-2H3. The van der Waals surface area contributed by atoms with Gasteiger partial charge in [-0.2, -0.15) is 0 Å². The van der Waals surface area contributed by atoms with Crippen LogP contribution in [0, 0.1) is 0 Å². The highest BCUT2D eigenvalue weighted by molar-refractivity contribution is 6.07. The highest BCUT2D eigenvalue weighted by Crippen LogP contribution is 2.24. The van der Waals surface area contributed by atoms with Gasteiger partial charge in [-0.25, -0.2) is 9.18 Å². The lowest BCUT2D eigenvalue weighted by Crippen LogP contribution is -2.41. The number of nitrogens with zero attached hydrogens (tertiary/aromatic N) is 1. The molecule has 5 heteroatoms. The summed E-state index contributed by atoms with van der Waals surface area (Å²) < 4.78 is 24.6. The third-order valence-electron chi connectivity index (χ3n) is 3.71. The smallest absolute Gasteiger partial charge is 0.374 e. The summed E-state index contributed by atoms with van der Waals surface area (Å²) in [6, 6.07) is 7.31. The van der Waals surface area contributed by atoms with Crippen molar-refractivity contribution in [1.82, 2.24) is 4.90 Å². The molecule has 0 bridgehead atoms. The lowest BCUT2D eigenvalue weighted by Gasteiger charge is -2.24. The second-order valence-corrected chi connectivity index (χ2v) is 5.70. The summed E-state index contributed by atoms with van der Waals surface area (Å²) in [4.78, 5) is 14.3. The molecule has 0 spiro atoms. The quantitative estimate of drug-likeness (QED) is 0.773. The third kappa shape index (κ3) is 3.19. The Labute approximate surface area is 133 Å². The largest absolute Gasteiger partial charge is 0.474 e. The normalized spacial score (nSPS) is 19.0. The van der Waals surface area contributed by atoms with Crippen LogP contribution in [-0.2, 0) is 14.3 Å². The van der Waals surface area contributed by atoms with E-state index in [1.165, 1.54) is 12.2 Å². The van der Waals surface area contributed by atoms with Gasteiger partial charge in [0.05, 0.1) is 0 Å². The first kappa shape index (κ1) is 15.5. The lowest BCUT2D eigenvalue weighted by atomic mass is 9.97. The van der Waals surface area contributed by atoms with E-state index in [1.807, 2.05) is 37.2 Å². The topological polar surface area (TPSA) is 38.8 Å². The Morgan fingerprint density at radius 3 is 2.78 bits per heavy atom. The zero-order chi connectivity index (χ0) is 16.4. The fourth-order valence-electron chi connectivity index (χ4n) is 2.56. The maximum absolute atomic E-state index is 13.5. The predicted octanol–water partition coefficient (Wildman–Crippen LogP) is 0.872. The number of allylic oxidation sites excluding steroid dienone is 2. The van der Waals surface area contributed by atoms with Crippen molar-refractivity contribution < 1.29 is 18.7 Å². The van der Waals surface area contributed by atoms with Crippen molar-refractivity contribution in [2.75, 3.05) is 27.2 Å². The molecule has 0 amide bonds. The third-order valence-corrected chi connectivity index (χ3v) is 3.71. The molecule has 1 aromatic carbocycles. The lowest BCUT2D eigenvalue weighted by molar-refractivity contribution is -0.139. The number of carbonyl (C=O) groups is 1. The van der Waals surface area contributed by atoms with E-state index >= 15 is 0 Å². The number of hydrogen-bond donors (Lipinski definition) is 0. The first-order valence-electron chi connectivity index (χ1n) is 7.44. The zero-order valence-electron chi connectivity index (χ0n) is 13.1. The Hall–Kier alpha value is -2.40. The number of fused-ring (bicyclic) bond motifs is 2. The molecule has 1 atom stereocenters. The Morgan fingerprint density at radius 2 is 2.04 bits per heavy atom. The maximum Gasteiger partial charge on any atom is 0.374 e. The Balaban J connectivity index is 2.02. The minimum Gasteiger partial charge on any atom is -0.474 e. The van der Waals surface area contributed by atoms with E-state index in [2.05, 4.69) is 0 Å². The van der Waals surface area contributed by atoms with Gasteiger partial charge in [-0.1, -0.05) is 24.3 Å². The summed E-state index contributed by atoms with van der Waals surface area (Å²) >= 11 is 0. The molecule has 0 saturated heterocycles. The molecule has 3 rings (SSSR count). The van der Waals surface area contributed by atoms with Crippen LogP contribution in [0.15, 0.2) is 48.3 Å². The van der Waals surface area contributed by atoms with Crippen LogP contribution >= 0.6 is 0 Å². The van der Waals surface area contributed by atoms with Gasteiger partial charge in [0, 0.05) is 17.3 Å². The zero-order valence-corrected chi connectivity index (χ0v) is 13.1. The minimum atomic E-state index is -0.498. The number of esters is 1. The maximum atomic E-state index is 13.5. The molecule has 1 aliphatic heterocycles. The van der Waals surface area contributed by atoms with Crippen molar-refractivity contribution in [3.63, 3.8) is 0 Å². The van der Waals surface area contributed by atoms with E-state index in [0.717, 1.165) is 5.22 Å². The Bertz CT molecular complexity index is 808. The van der Waals surface area contributed by atoms with Crippen molar-refractivity contribution >= 4 is 17.3 Å². The number of rotatable bonds is 4. The fourth-order valence-corrected chi connectivity index (χ4v) is 2.56. The Kier molecular flexibility index (Phi) is 4.30. The number of carbonyl (C=O) groups excluding carboxylic acids is 1. The van der Waals surface area contributed by atoms with Crippen molar-refractivity contribution in [2.24, 2.45) is 0 Å². The van der Waals surface area contributed by atoms with Gasteiger partial charge >= 0.3 is 5.97 Å². The molecule has 1 aliphatic carbocycles. The van der Waals surface area contributed by atoms with Crippen LogP contribution in [0.3, 0.4) is 0 Å². The van der Waals surface area contributed by atoms with Crippen molar-refractivity contribution in [3.8, 4) is 0 Å². The molecular weight excluding hydrogens is 297 g/mol. The van der Waals surface area contributed by atoms with E-state index in [9.17, 15) is 9.18 Å². The highest BCUT2D eigenvalue weighted by atomic mass is 19.1. The van der Waals surface area contributed by atoms with Gasteiger partial charge in [-0.15, -0.1) is 0 Å². The molecular formula is C18H18FNO3. The number of halogens is 1. The van der Waals surface area contributed by atoms with Gasteiger partial charge in [-0.05, 0) is 37.5 Å². The number of benzene rings is 1. The molecule has 1 unspecified atom stereocenters. The van der Waals surface area contributed by atoms with Crippen LogP contribution in [0.25, 0.3) is 11.3 Å². The van der Waals surface area contributed by atoms with E-state index in [0.29, 0.717) is 17.3 Å². The first-order chi connectivity index (χ1) is 11.1. The van der Waals surface area contributed by atoms with Crippen LogP contribution in [-0.4, -0.2) is 44.2 Å². The molecule has 0 N–H and O–H groups in total. The number of ether oxygens (including phenoxy) is 2. The molecule has 0 aromatic heterocycles. The van der Waals surface area contributed by atoms with E-state index in [1.54, 1.807) is 12.1 Å². The van der Waals surface area contributed by atoms with E-state index < -0.39 is 12.1 Å². The molecule has 1 heterocycles. The highest BCUT2D eigenvalue weighted by Gasteiger charge is 2.27. The predicted molar refractivity (Wildman–Crippen MR) is 85.2 cm³/mol. The summed E-state index contributed by atoms with van der Waals surface area (Å²) in [7, 11) is 3.81. The summed E-state index contributed by atoms with van der Waals surface area (Å²) in [6.45, 7) is 0.918. The minimum absolute atomic E-state index is 0.175. The average Bonchev–Trinajstić information content (AvgIpc) is 2.53. The first-order valence-corrected chi connectivity index (χ1v) is 7.44. The molecule has 4 nitrogen and oxygen atoms in total. The van der Waals surface area contributed by atoms with E-state index in [-0.39, 0.29) is 18.2 Å². The van der Waals surface area contributed by atoms with Crippen LogP contribution < -0.4 is 10.4 Å². The average molecular weight is 315 g/mol. The summed E-state index contributed by atoms with van der Waals surface area (Å²) in [6.07, 6.45) is 3.92. The van der Waals surface area contributed by atoms with E-state index in [4.69, 9.17) is 9.47 Å². The van der Waals surface area contributed by atoms with Crippen molar-refractivity contribution in [3.05, 3.63) is 58.8 Å². The van der Waals surface area contributed by atoms with Crippen LogP contribution in [0.5, 0.6) is 0 Å². The SMILES string of the molecule is CN(C)CCOC(=O)C1=c2ccccc2=C2C=C(F)C=CC2O1. The summed E-state index contributed by atoms with van der Waals surface area (Å²) in [5, 5.41) is 1.43. The van der Waals surface area contributed by atoms with Gasteiger partial charge in [0.15, 0.2) is 0 Å². The molecule has 120 valence electrons. The Morgan fingerprint density at radius 1 is 1.30 bits per heavy atom. The molecule has 0 saturated carbocycles. The van der Waals surface area contributed by atoms with Gasteiger partial charge in [0.25, 0.3) is 0 Å². The second kappa shape index (κ2) is 6.38. The van der Waals surface area contributed by atoms with Crippen LogP contribution in [0.1, 0.15) is 0 Å². The van der Waals surface area contributed by atoms with Gasteiger partial charge in [0.2, 0.25) is 5.76 Å². The monoisotopic (exact) mass is 315 g/mol. The van der Waals surface area contributed by atoms with Crippen molar-refractivity contribution in [1.29, 1.82) is 0 Å². The van der Waals surface area contributed by atoms with Gasteiger partial charge in [-0.3, -0.25) is 0 Å². The molecule has 2 aliphatic rings. The van der Waals surface area contributed by atoms with Crippen molar-refractivity contribution in [2.45, 2.75) is 6.10 Å². The van der Waals surface area contributed by atoms with Crippen LogP contribution in [0.4, 0.5) is 4.39 Å². The molecule has 23 heavy (non-hydrogen) atoms. The molecule has 1 aromatic rings. The van der Waals surface area contributed by atoms with Crippen LogP contribution in [0.2, 0.25) is 0 Å². The fraction of sp³-hybridized carbons (Fsp3) is 0.278. The van der Waals surface area contributed by atoms with Gasteiger partial charge < -0.3 is 14.4 Å². The number of likely N-dealkylation sites (N-methyl/N-ethyl adjacent to an activating group) is 1. The summed E-state index contributed by atoms with van der Waals surface area (Å²) in [5.41, 5.74) is 0.713. The molecule has 0 fully saturated rings. The second-order valence-electron chi connectivity index (χ2n) is 5.70. The van der Waals surface area contributed by atoms with Gasteiger partial charge in [0.1, 0.15) is 18.5 Å². The number of hydrogen-bond acceptors (Lipinski definition) is 4. The summed E-state index contributed by atoms with van der Waals surface area (Å²) in [5.74, 6) is -0.651. The molecule has 0 radical (unpaired) electrons.